The van der Waals surface area contributed by atoms with E-state index >= 15 is 0 Å². The first-order valence-corrected chi connectivity index (χ1v) is 8.60. The van der Waals surface area contributed by atoms with Crippen LogP contribution >= 0.6 is 0 Å². The Hall–Kier alpha value is -1.85. The van der Waals surface area contributed by atoms with E-state index in [4.69, 9.17) is 0 Å². The van der Waals surface area contributed by atoms with Gasteiger partial charge >= 0.3 is 0 Å². The zero-order valence-electron chi connectivity index (χ0n) is 14.8. The second kappa shape index (κ2) is 10.0. The number of anilines is 1. The molecule has 1 heterocycles. The summed E-state index contributed by atoms with van der Waals surface area (Å²) in [6, 6.07) is 1.98. The molecule has 0 radical (unpaired) electrons. The van der Waals surface area contributed by atoms with Crippen LogP contribution in [0.1, 0.15) is 65.8 Å². The van der Waals surface area contributed by atoms with E-state index in [0.29, 0.717) is 25.1 Å². The maximum Gasteiger partial charge on any atom is 0.225 e. The smallest absolute Gasteiger partial charge is 0.225 e. The van der Waals surface area contributed by atoms with Crippen LogP contribution in [0.2, 0.25) is 0 Å². The van der Waals surface area contributed by atoms with Crippen molar-refractivity contribution in [3.05, 3.63) is 12.3 Å². The Morgan fingerprint density at radius 3 is 2.43 bits per heavy atom. The van der Waals surface area contributed by atoms with E-state index in [2.05, 4.69) is 24.3 Å². The average Bonchev–Trinajstić information content (AvgIpc) is 2.95. The highest BCUT2D eigenvalue weighted by molar-refractivity contribution is 5.90. The highest BCUT2D eigenvalue weighted by Gasteiger charge is 2.13. The van der Waals surface area contributed by atoms with Crippen molar-refractivity contribution in [1.29, 1.82) is 0 Å². The van der Waals surface area contributed by atoms with Crippen LogP contribution in [-0.4, -0.2) is 39.6 Å². The molecule has 0 aromatic carbocycles. The number of nitrogens with zero attached hydrogens (tertiary/aromatic N) is 3. The van der Waals surface area contributed by atoms with Crippen molar-refractivity contribution in [2.75, 3.05) is 18.4 Å². The number of carbonyl (C=O) groups excluding carboxylic acids is 2. The van der Waals surface area contributed by atoms with Gasteiger partial charge in [-0.05, 0) is 33.1 Å². The van der Waals surface area contributed by atoms with Crippen molar-refractivity contribution >= 4 is 17.6 Å². The molecule has 0 aliphatic rings. The predicted molar refractivity (Wildman–Crippen MR) is 92.3 cm³/mol. The minimum absolute atomic E-state index is 0.0715. The summed E-state index contributed by atoms with van der Waals surface area (Å²) in [4.78, 5) is 26.1. The van der Waals surface area contributed by atoms with Crippen molar-refractivity contribution in [2.45, 2.75) is 65.8 Å². The summed E-state index contributed by atoms with van der Waals surface area (Å²) < 4.78 is 1.77. The van der Waals surface area contributed by atoms with Crippen LogP contribution in [0.5, 0.6) is 0 Å². The quantitative estimate of drug-likeness (QED) is 0.719. The molecule has 0 aliphatic carbocycles. The highest BCUT2D eigenvalue weighted by Crippen LogP contribution is 2.13. The van der Waals surface area contributed by atoms with Crippen molar-refractivity contribution in [1.82, 2.24) is 14.7 Å². The number of carbonyl (C=O) groups is 2. The SMILES string of the molecule is CCCN(CCC)C(=O)CCCC(=O)Nc1ccnn1C(C)C. The van der Waals surface area contributed by atoms with Crippen LogP contribution in [0.15, 0.2) is 12.3 Å². The van der Waals surface area contributed by atoms with Gasteiger partial charge in [-0.1, -0.05) is 13.8 Å². The maximum absolute atomic E-state index is 12.1. The summed E-state index contributed by atoms with van der Waals surface area (Å²) in [5.41, 5.74) is 0. The van der Waals surface area contributed by atoms with Crippen LogP contribution in [-0.2, 0) is 9.59 Å². The molecule has 0 unspecified atom stereocenters. The van der Waals surface area contributed by atoms with E-state index in [1.54, 1.807) is 16.9 Å². The van der Waals surface area contributed by atoms with Gasteiger partial charge in [0.2, 0.25) is 11.8 Å². The summed E-state index contributed by atoms with van der Waals surface area (Å²) in [7, 11) is 0. The first kappa shape index (κ1) is 19.2. The van der Waals surface area contributed by atoms with E-state index < -0.39 is 0 Å². The molecule has 1 rings (SSSR count). The summed E-state index contributed by atoms with van der Waals surface area (Å²) >= 11 is 0. The van der Waals surface area contributed by atoms with Gasteiger partial charge < -0.3 is 10.2 Å². The van der Waals surface area contributed by atoms with E-state index in [9.17, 15) is 9.59 Å². The molecular weight excluding hydrogens is 292 g/mol. The van der Waals surface area contributed by atoms with E-state index in [0.717, 1.165) is 25.9 Å². The summed E-state index contributed by atoms with van der Waals surface area (Å²) in [6.45, 7) is 9.76. The van der Waals surface area contributed by atoms with Gasteiger partial charge in [-0.2, -0.15) is 5.10 Å². The minimum atomic E-state index is -0.0715. The van der Waals surface area contributed by atoms with Crippen LogP contribution < -0.4 is 5.32 Å². The molecule has 1 aromatic rings. The number of aromatic nitrogens is 2. The summed E-state index contributed by atoms with van der Waals surface area (Å²) in [5, 5.41) is 7.04. The molecular formula is C17H30N4O2. The van der Waals surface area contributed by atoms with Crippen LogP contribution in [0.25, 0.3) is 0 Å². The monoisotopic (exact) mass is 322 g/mol. The molecule has 0 fully saturated rings. The Bertz CT molecular complexity index is 491. The number of hydrogen-bond acceptors (Lipinski definition) is 3. The first-order chi connectivity index (χ1) is 11.0. The molecule has 1 N–H and O–H groups in total. The Labute approximate surface area is 139 Å². The molecule has 6 nitrogen and oxygen atoms in total. The highest BCUT2D eigenvalue weighted by atomic mass is 16.2. The third-order valence-corrected chi connectivity index (χ3v) is 3.56. The van der Waals surface area contributed by atoms with Gasteiger partial charge in [0.25, 0.3) is 0 Å². The fourth-order valence-corrected chi connectivity index (χ4v) is 2.49. The molecule has 23 heavy (non-hydrogen) atoms. The van der Waals surface area contributed by atoms with Crippen LogP contribution in [0.3, 0.4) is 0 Å². The number of nitrogens with one attached hydrogen (secondary N) is 1. The van der Waals surface area contributed by atoms with E-state index in [1.165, 1.54) is 0 Å². The third-order valence-electron chi connectivity index (χ3n) is 3.56. The fourth-order valence-electron chi connectivity index (χ4n) is 2.49. The second-order valence-corrected chi connectivity index (χ2v) is 6.04. The van der Waals surface area contributed by atoms with Gasteiger partial charge in [-0.25, -0.2) is 4.68 Å². The van der Waals surface area contributed by atoms with Gasteiger partial charge in [-0.15, -0.1) is 0 Å². The van der Waals surface area contributed by atoms with Gasteiger partial charge in [0.05, 0.1) is 6.20 Å². The molecule has 130 valence electrons. The van der Waals surface area contributed by atoms with Crippen molar-refractivity contribution in [3.8, 4) is 0 Å². The first-order valence-electron chi connectivity index (χ1n) is 8.60. The minimum Gasteiger partial charge on any atom is -0.343 e. The average molecular weight is 322 g/mol. The molecule has 1 aromatic heterocycles. The Kier molecular flexibility index (Phi) is 8.37. The van der Waals surface area contributed by atoms with E-state index in [1.807, 2.05) is 18.7 Å². The van der Waals surface area contributed by atoms with Crippen LogP contribution in [0, 0.1) is 0 Å². The largest absolute Gasteiger partial charge is 0.343 e. The molecule has 0 aliphatic heterocycles. The molecule has 0 bridgehead atoms. The predicted octanol–water partition coefficient (Wildman–Crippen LogP) is 3.22. The third kappa shape index (κ3) is 6.42. The summed E-state index contributed by atoms with van der Waals surface area (Å²) in [5.74, 6) is 0.779. The van der Waals surface area contributed by atoms with Crippen molar-refractivity contribution in [2.24, 2.45) is 0 Å². The zero-order chi connectivity index (χ0) is 17.2. The molecule has 0 saturated carbocycles. The Balaban J connectivity index is 2.38. The van der Waals surface area contributed by atoms with Gasteiger partial charge in [0.1, 0.15) is 5.82 Å². The lowest BCUT2D eigenvalue weighted by molar-refractivity contribution is -0.131. The van der Waals surface area contributed by atoms with Crippen molar-refractivity contribution < 1.29 is 9.59 Å². The molecule has 0 saturated heterocycles. The van der Waals surface area contributed by atoms with E-state index in [-0.39, 0.29) is 17.9 Å². The number of hydrogen-bond donors (Lipinski definition) is 1. The normalized spacial score (nSPS) is 10.8. The number of amides is 2. The maximum atomic E-state index is 12.1. The Morgan fingerprint density at radius 2 is 1.87 bits per heavy atom. The van der Waals surface area contributed by atoms with Crippen molar-refractivity contribution in [3.63, 3.8) is 0 Å². The zero-order valence-corrected chi connectivity index (χ0v) is 14.8. The number of rotatable bonds is 10. The fraction of sp³-hybridized carbons (Fsp3) is 0.706. The second-order valence-electron chi connectivity index (χ2n) is 6.04. The molecule has 2 amide bonds. The lowest BCUT2D eigenvalue weighted by Gasteiger charge is -2.21. The summed E-state index contributed by atoms with van der Waals surface area (Å²) in [6.07, 6.45) is 4.95. The lowest BCUT2D eigenvalue weighted by atomic mass is 10.2. The lowest BCUT2D eigenvalue weighted by Crippen LogP contribution is -2.32. The van der Waals surface area contributed by atoms with Gasteiger partial charge in [0, 0.05) is 38.0 Å². The molecule has 0 atom stereocenters. The Morgan fingerprint density at radius 1 is 1.22 bits per heavy atom. The van der Waals surface area contributed by atoms with Gasteiger partial charge in [-0.3, -0.25) is 9.59 Å². The van der Waals surface area contributed by atoms with Gasteiger partial charge in [0.15, 0.2) is 0 Å². The van der Waals surface area contributed by atoms with Crippen LogP contribution in [0.4, 0.5) is 5.82 Å². The standard InChI is InChI=1S/C17H30N4O2/c1-5-12-20(13-6-2)17(23)9-7-8-16(22)19-15-10-11-18-21(15)14(3)4/h10-11,14H,5-9,12-13H2,1-4H3,(H,19,22). The molecule has 0 spiro atoms. The topological polar surface area (TPSA) is 67.2 Å². The molecule has 6 heteroatoms.